The van der Waals surface area contributed by atoms with Gasteiger partial charge in [-0.3, -0.25) is 0 Å². The molecule has 0 saturated carbocycles. The third-order valence-electron chi connectivity index (χ3n) is 1.38. The normalized spacial score (nSPS) is 11.5. The summed E-state index contributed by atoms with van der Waals surface area (Å²) in [6, 6.07) is 0.302. The Hall–Kier alpha value is -1.52. The van der Waals surface area contributed by atoms with E-state index in [-0.39, 0.29) is 0 Å². The summed E-state index contributed by atoms with van der Waals surface area (Å²) in [5, 5.41) is 8.43. The fourth-order valence-corrected chi connectivity index (χ4v) is 0.774. The maximum Gasteiger partial charge on any atom is 0.338 e. The van der Waals surface area contributed by atoms with Gasteiger partial charge in [-0.05, 0) is 12.1 Å². The molecule has 0 aliphatic rings. The molecular formula is C8H5F3O2. The molecule has 0 radical (unpaired) electrons. The van der Waals surface area contributed by atoms with Crippen LogP contribution >= 0.6 is 0 Å². The Labute approximate surface area is 73.0 Å². The van der Waals surface area contributed by atoms with Crippen molar-refractivity contribution < 1.29 is 24.4 Å². The van der Waals surface area contributed by atoms with Gasteiger partial charge in [-0.1, -0.05) is 6.07 Å². The molecule has 5 heteroatoms. The maximum atomic E-state index is 12.9. The SMILES string of the molecule is [2H]c1cc(C(F)F)cc(F)c1C(=O)O. The van der Waals surface area contributed by atoms with Crippen molar-refractivity contribution in [3.05, 3.63) is 35.1 Å². The first-order chi connectivity index (χ1) is 6.43. The van der Waals surface area contributed by atoms with E-state index in [1.54, 1.807) is 0 Å². The minimum atomic E-state index is -2.92. The largest absolute Gasteiger partial charge is 0.478 e. The number of hydrogen-bond acceptors (Lipinski definition) is 1. The van der Waals surface area contributed by atoms with Gasteiger partial charge < -0.3 is 5.11 Å². The van der Waals surface area contributed by atoms with Crippen molar-refractivity contribution in [1.82, 2.24) is 0 Å². The lowest BCUT2D eigenvalue weighted by Gasteiger charge is -2.01. The van der Waals surface area contributed by atoms with Gasteiger partial charge in [0.25, 0.3) is 6.43 Å². The third-order valence-corrected chi connectivity index (χ3v) is 1.38. The van der Waals surface area contributed by atoms with Crippen LogP contribution in [0.1, 0.15) is 23.7 Å². The van der Waals surface area contributed by atoms with E-state index in [1.807, 2.05) is 0 Å². The molecule has 0 bridgehead atoms. The summed E-state index contributed by atoms with van der Waals surface area (Å²) in [5.74, 6) is -2.96. The summed E-state index contributed by atoms with van der Waals surface area (Å²) >= 11 is 0. The Kier molecular flexibility index (Phi) is 2.16. The maximum absolute atomic E-state index is 12.9. The highest BCUT2D eigenvalue weighted by Crippen LogP contribution is 2.20. The van der Waals surface area contributed by atoms with Crippen LogP contribution < -0.4 is 0 Å². The number of rotatable bonds is 2. The number of aromatic carboxylic acids is 1. The summed E-state index contributed by atoms with van der Waals surface area (Å²) in [6.07, 6.45) is -2.92. The summed E-state index contributed by atoms with van der Waals surface area (Å²) in [4.78, 5) is 10.4. The Morgan fingerprint density at radius 3 is 2.62 bits per heavy atom. The first-order valence-corrected chi connectivity index (χ1v) is 3.25. The van der Waals surface area contributed by atoms with Crippen LogP contribution in [-0.2, 0) is 0 Å². The molecule has 0 unspecified atom stereocenters. The van der Waals surface area contributed by atoms with Gasteiger partial charge in [0.2, 0.25) is 0 Å². The molecule has 0 fully saturated rings. The Bertz CT molecular complexity index is 356. The average molecular weight is 191 g/mol. The molecule has 0 atom stereocenters. The van der Waals surface area contributed by atoms with Crippen molar-refractivity contribution in [2.24, 2.45) is 0 Å². The van der Waals surface area contributed by atoms with E-state index in [1.165, 1.54) is 0 Å². The van der Waals surface area contributed by atoms with E-state index in [2.05, 4.69) is 0 Å². The molecule has 0 heterocycles. The van der Waals surface area contributed by atoms with E-state index in [0.29, 0.717) is 12.1 Å². The quantitative estimate of drug-likeness (QED) is 0.779. The minimum Gasteiger partial charge on any atom is -0.478 e. The molecule has 70 valence electrons. The predicted molar refractivity (Wildman–Crippen MR) is 38.3 cm³/mol. The highest BCUT2D eigenvalue weighted by Gasteiger charge is 2.14. The van der Waals surface area contributed by atoms with Crippen LogP contribution in [0.3, 0.4) is 0 Å². The second-order valence-electron chi connectivity index (χ2n) is 2.26. The standard InChI is InChI=1S/C8H5F3O2/c9-6-3-4(7(10)11)1-2-5(6)8(12)13/h1-3,7H,(H,12,13)/i2D. The molecule has 0 aliphatic carbocycles. The van der Waals surface area contributed by atoms with E-state index in [0.717, 1.165) is 0 Å². The number of hydrogen-bond donors (Lipinski definition) is 1. The van der Waals surface area contributed by atoms with Gasteiger partial charge in [0.1, 0.15) is 5.82 Å². The summed E-state index contributed by atoms with van der Waals surface area (Å²) in [5.41, 5.74) is -1.59. The summed E-state index contributed by atoms with van der Waals surface area (Å²) < 4.78 is 44.0. The lowest BCUT2D eigenvalue weighted by molar-refractivity contribution is 0.0691. The smallest absolute Gasteiger partial charge is 0.338 e. The lowest BCUT2D eigenvalue weighted by Crippen LogP contribution is -2.01. The van der Waals surface area contributed by atoms with Crippen molar-refractivity contribution in [3.8, 4) is 0 Å². The number of halogens is 3. The van der Waals surface area contributed by atoms with Gasteiger partial charge in [-0.15, -0.1) is 0 Å². The number of carboxylic acid groups (broad SMARTS) is 1. The average Bonchev–Trinajstić information content (AvgIpc) is 2.01. The second kappa shape index (κ2) is 3.47. The van der Waals surface area contributed by atoms with Crippen molar-refractivity contribution in [1.29, 1.82) is 0 Å². The van der Waals surface area contributed by atoms with Gasteiger partial charge in [-0.25, -0.2) is 18.0 Å². The molecule has 0 aromatic heterocycles. The molecule has 0 aliphatic heterocycles. The van der Waals surface area contributed by atoms with Crippen molar-refractivity contribution in [3.63, 3.8) is 0 Å². The van der Waals surface area contributed by atoms with E-state index in [4.69, 9.17) is 6.48 Å². The summed E-state index contributed by atoms with van der Waals surface area (Å²) in [7, 11) is 0. The number of alkyl halides is 2. The number of benzene rings is 1. The van der Waals surface area contributed by atoms with Crippen LogP contribution in [0.4, 0.5) is 13.2 Å². The second-order valence-corrected chi connectivity index (χ2v) is 2.26. The van der Waals surface area contributed by atoms with Crippen molar-refractivity contribution in [2.45, 2.75) is 6.43 Å². The third kappa shape index (κ3) is 1.99. The molecule has 1 aromatic carbocycles. The van der Waals surface area contributed by atoms with E-state index >= 15 is 0 Å². The monoisotopic (exact) mass is 191 g/mol. The zero-order valence-electron chi connectivity index (χ0n) is 7.22. The molecule has 0 saturated heterocycles. The Morgan fingerprint density at radius 2 is 2.23 bits per heavy atom. The van der Waals surface area contributed by atoms with Gasteiger partial charge >= 0.3 is 5.97 Å². The number of carboxylic acids is 1. The topological polar surface area (TPSA) is 37.3 Å². The number of carbonyl (C=O) groups is 1. The van der Waals surface area contributed by atoms with Crippen LogP contribution in [0.25, 0.3) is 0 Å². The van der Waals surface area contributed by atoms with Crippen LogP contribution in [0.5, 0.6) is 0 Å². The van der Waals surface area contributed by atoms with E-state index in [9.17, 15) is 18.0 Å². The Morgan fingerprint density at radius 1 is 1.62 bits per heavy atom. The molecule has 1 aromatic rings. The fraction of sp³-hybridized carbons (Fsp3) is 0.125. The predicted octanol–water partition coefficient (Wildman–Crippen LogP) is 2.46. The molecule has 1 rings (SSSR count). The van der Waals surface area contributed by atoms with Crippen molar-refractivity contribution >= 4 is 5.97 Å². The summed E-state index contributed by atoms with van der Waals surface area (Å²) in [6.45, 7) is 0. The van der Waals surface area contributed by atoms with Crippen LogP contribution in [-0.4, -0.2) is 11.1 Å². The first kappa shape index (κ1) is 8.10. The molecule has 0 amide bonds. The molecule has 13 heavy (non-hydrogen) atoms. The van der Waals surface area contributed by atoms with Gasteiger partial charge in [-0.2, -0.15) is 0 Å². The van der Waals surface area contributed by atoms with Crippen LogP contribution in [0, 0.1) is 5.82 Å². The minimum absolute atomic E-state index is 0.423. The van der Waals surface area contributed by atoms with E-state index < -0.39 is 35.4 Å². The highest BCUT2D eigenvalue weighted by molar-refractivity contribution is 5.87. The molecule has 1 N–H and O–H groups in total. The van der Waals surface area contributed by atoms with Crippen LogP contribution in [0.15, 0.2) is 18.2 Å². The Balaban J connectivity index is 3.32. The zero-order valence-corrected chi connectivity index (χ0v) is 6.22. The first-order valence-electron chi connectivity index (χ1n) is 3.75. The lowest BCUT2D eigenvalue weighted by atomic mass is 10.1. The molecule has 0 spiro atoms. The zero-order chi connectivity index (χ0) is 10.9. The van der Waals surface area contributed by atoms with Gasteiger partial charge in [0, 0.05) is 5.56 Å². The van der Waals surface area contributed by atoms with Crippen LogP contribution in [0.2, 0.25) is 0 Å². The van der Waals surface area contributed by atoms with Crippen molar-refractivity contribution in [2.75, 3.05) is 0 Å². The highest BCUT2D eigenvalue weighted by atomic mass is 19.3. The van der Waals surface area contributed by atoms with Gasteiger partial charge in [0.15, 0.2) is 0 Å². The van der Waals surface area contributed by atoms with Gasteiger partial charge in [0.05, 0.1) is 6.93 Å². The fourth-order valence-electron chi connectivity index (χ4n) is 0.774. The molecular weight excluding hydrogens is 185 g/mol. The molecule has 2 nitrogen and oxygen atoms in total.